The lowest BCUT2D eigenvalue weighted by molar-refractivity contribution is 0.0947. The minimum atomic E-state index is -0.139. The number of rotatable bonds is 5. The number of benzene rings is 1. The molecule has 0 unspecified atom stereocenters. The van der Waals surface area contributed by atoms with Crippen molar-refractivity contribution in [2.24, 2.45) is 0 Å². The molecule has 4 nitrogen and oxygen atoms in total. The van der Waals surface area contributed by atoms with Crippen LogP contribution in [-0.2, 0) is 0 Å². The van der Waals surface area contributed by atoms with Crippen molar-refractivity contribution in [3.8, 4) is 5.75 Å². The number of halogens is 1. The summed E-state index contributed by atoms with van der Waals surface area (Å²) in [5, 5.41) is 2.78. The largest absolute Gasteiger partial charge is 0.492 e. The molecule has 0 aliphatic rings. The Morgan fingerprint density at radius 3 is 2.79 bits per heavy atom. The van der Waals surface area contributed by atoms with Gasteiger partial charge >= 0.3 is 0 Å². The maximum Gasteiger partial charge on any atom is 0.251 e. The van der Waals surface area contributed by atoms with Gasteiger partial charge in [0, 0.05) is 11.8 Å². The van der Waals surface area contributed by atoms with Gasteiger partial charge in [-0.15, -0.1) is 0 Å². The van der Waals surface area contributed by atoms with Crippen LogP contribution >= 0.6 is 15.9 Å². The third-order valence-corrected chi connectivity index (χ3v) is 2.82. The summed E-state index contributed by atoms with van der Waals surface area (Å²) >= 11 is 3.23. The first kappa shape index (κ1) is 13.5. The van der Waals surface area contributed by atoms with E-state index in [4.69, 9.17) is 4.74 Å². The van der Waals surface area contributed by atoms with Crippen LogP contribution in [0.3, 0.4) is 0 Å². The Hall–Kier alpha value is -1.88. The summed E-state index contributed by atoms with van der Waals surface area (Å²) in [7, 11) is 0. The molecule has 1 amide bonds. The summed E-state index contributed by atoms with van der Waals surface area (Å²) < 4.78 is 6.12. The van der Waals surface area contributed by atoms with Gasteiger partial charge in [-0.25, -0.2) is 4.98 Å². The van der Waals surface area contributed by atoms with Gasteiger partial charge in [0.05, 0.1) is 6.54 Å². The van der Waals surface area contributed by atoms with Crippen molar-refractivity contribution in [3.63, 3.8) is 0 Å². The number of hydrogen-bond donors (Lipinski definition) is 1. The van der Waals surface area contributed by atoms with Gasteiger partial charge in [-0.1, -0.05) is 18.2 Å². The molecule has 0 fully saturated rings. The summed E-state index contributed by atoms with van der Waals surface area (Å²) in [4.78, 5) is 15.8. The van der Waals surface area contributed by atoms with Crippen molar-refractivity contribution >= 4 is 21.8 Å². The van der Waals surface area contributed by atoms with Crippen molar-refractivity contribution in [3.05, 3.63) is 58.8 Å². The fourth-order valence-electron chi connectivity index (χ4n) is 1.50. The monoisotopic (exact) mass is 320 g/mol. The molecule has 98 valence electrons. The number of para-hydroxylation sites is 1. The Balaban J connectivity index is 1.75. The van der Waals surface area contributed by atoms with Gasteiger partial charge in [0.1, 0.15) is 17.0 Å². The van der Waals surface area contributed by atoms with Crippen LogP contribution in [0.1, 0.15) is 10.4 Å². The first-order chi connectivity index (χ1) is 9.25. The molecule has 19 heavy (non-hydrogen) atoms. The summed E-state index contributed by atoms with van der Waals surface area (Å²) in [6.45, 7) is 0.885. The molecule has 0 bridgehead atoms. The molecule has 1 N–H and O–H groups in total. The van der Waals surface area contributed by atoms with E-state index in [1.165, 1.54) is 0 Å². The maximum atomic E-state index is 11.8. The van der Waals surface area contributed by atoms with Crippen molar-refractivity contribution in [1.29, 1.82) is 0 Å². The Labute approximate surface area is 119 Å². The number of hydrogen-bond acceptors (Lipinski definition) is 3. The Bertz CT molecular complexity index is 546. The van der Waals surface area contributed by atoms with Crippen LogP contribution < -0.4 is 10.1 Å². The molecule has 0 aliphatic heterocycles. The van der Waals surface area contributed by atoms with Gasteiger partial charge in [0.2, 0.25) is 0 Å². The maximum absolute atomic E-state index is 11.8. The predicted molar refractivity (Wildman–Crippen MR) is 76.2 cm³/mol. The SMILES string of the molecule is O=C(NCCOc1ccccc1)c1ccnc(Br)c1. The number of pyridine rings is 1. The normalized spacial score (nSPS) is 9.95. The Kier molecular flexibility index (Phi) is 4.92. The lowest BCUT2D eigenvalue weighted by Crippen LogP contribution is -2.28. The highest BCUT2D eigenvalue weighted by molar-refractivity contribution is 9.10. The van der Waals surface area contributed by atoms with Crippen molar-refractivity contribution < 1.29 is 9.53 Å². The van der Waals surface area contributed by atoms with E-state index in [1.54, 1.807) is 18.3 Å². The first-order valence-corrected chi connectivity index (χ1v) is 6.62. The third-order valence-electron chi connectivity index (χ3n) is 2.39. The molecule has 1 aromatic carbocycles. The summed E-state index contributed by atoms with van der Waals surface area (Å²) in [6, 6.07) is 12.8. The number of ether oxygens (including phenoxy) is 1. The quantitative estimate of drug-likeness (QED) is 0.680. The van der Waals surface area contributed by atoms with E-state index in [0.29, 0.717) is 23.3 Å². The average Bonchev–Trinajstić information content (AvgIpc) is 2.44. The molecule has 1 heterocycles. The number of aromatic nitrogens is 1. The summed E-state index contributed by atoms with van der Waals surface area (Å²) in [5.74, 6) is 0.656. The zero-order chi connectivity index (χ0) is 13.5. The van der Waals surface area contributed by atoms with Gasteiger partial charge < -0.3 is 10.1 Å². The predicted octanol–water partition coefficient (Wildman–Crippen LogP) is 2.65. The minimum Gasteiger partial charge on any atom is -0.492 e. The molecule has 0 saturated heterocycles. The molecule has 1 aromatic heterocycles. The highest BCUT2D eigenvalue weighted by Crippen LogP contribution is 2.08. The minimum absolute atomic E-state index is 0.139. The second kappa shape index (κ2) is 6.89. The van der Waals surface area contributed by atoms with Crippen LogP contribution in [0.2, 0.25) is 0 Å². The van der Waals surface area contributed by atoms with E-state index in [-0.39, 0.29) is 5.91 Å². The summed E-state index contributed by atoms with van der Waals surface area (Å²) in [6.07, 6.45) is 1.58. The van der Waals surface area contributed by atoms with Crippen LogP contribution in [0.5, 0.6) is 5.75 Å². The molecule has 0 spiro atoms. The number of carbonyl (C=O) groups excluding carboxylic acids is 1. The zero-order valence-electron chi connectivity index (χ0n) is 10.2. The van der Waals surface area contributed by atoms with Gasteiger partial charge in [-0.2, -0.15) is 0 Å². The fourth-order valence-corrected chi connectivity index (χ4v) is 1.86. The van der Waals surface area contributed by atoms with Gasteiger partial charge in [0.15, 0.2) is 0 Å². The van der Waals surface area contributed by atoms with E-state index in [0.717, 1.165) is 5.75 Å². The lowest BCUT2D eigenvalue weighted by Gasteiger charge is -2.07. The van der Waals surface area contributed by atoms with Crippen molar-refractivity contribution in [2.75, 3.05) is 13.2 Å². The smallest absolute Gasteiger partial charge is 0.251 e. The standard InChI is InChI=1S/C14H13BrN2O2/c15-13-10-11(6-7-16-13)14(18)17-8-9-19-12-4-2-1-3-5-12/h1-7,10H,8-9H2,(H,17,18). The van der Waals surface area contributed by atoms with Crippen LogP contribution in [0.4, 0.5) is 0 Å². The molecule has 0 aliphatic carbocycles. The molecule has 0 radical (unpaired) electrons. The topological polar surface area (TPSA) is 51.2 Å². The molecule has 5 heteroatoms. The molecular weight excluding hydrogens is 308 g/mol. The number of nitrogens with one attached hydrogen (secondary N) is 1. The Morgan fingerprint density at radius 1 is 1.26 bits per heavy atom. The van der Waals surface area contributed by atoms with Crippen molar-refractivity contribution in [2.45, 2.75) is 0 Å². The van der Waals surface area contributed by atoms with Crippen LogP contribution in [-0.4, -0.2) is 24.0 Å². The second-order valence-corrected chi connectivity index (χ2v) is 4.60. The number of amides is 1. The zero-order valence-corrected chi connectivity index (χ0v) is 11.8. The summed E-state index contributed by atoms with van der Waals surface area (Å²) in [5.41, 5.74) is 0.571. The van der Waals surface area contributed by atoms with E-state index in [2.05, 4.69) is 26.2 Å². The van der Waals surface area contributed by atoms with E-state index in [1.807, 2.05) is 30.3 Å². The molecule has 2 aromatic rings. The van der Waals surface area contributed by atoms with Crippen LogP contribution in [0.25, 0.3) is 0 Å². The Morgan fingerprint density at radius 2 is 2.05 bits per heavy atom. The average molecular weight is 321 g/mol. The van der Waals surface area contributed by atoms with Crippen LogP contribution in [0, 0.1) is 0 Å². The highest BCUT2D eigenvalue weighted by Gasteiger charge is 2.05. The molecular formula is C14H13BrN2O2. The van der Waals surface area contributed by atoms with E-state index in [9.17, 15) is 4.79 Å². The highest BCUT2D eigenvalue weighted by atomic mass is 79.9. The molecule has 0 atom stereocenters. The fraction of sp³-hybridized carbons (Fsp3) is 0.143. The number of nitrogens with zero attached hydrogens (tertiary/aromatic N) is 1. The van der Waals surface area contributed by atoms with E-state index >= 15 is 0 Å². The second-order valence-electron chi connectivity index (χ2n) is 3.78. The molecule has 0 saturated carbocycles. The van der Waals surface area contributed by atoms with Gasteiger partial charge in [-0.3, -0.25) is 4.79 Å². The number of carbonyl (C=O) groups is 1. The lowest BCUT2D eigenvalue weighted by atomic mass is 10.2. The van der Waals surface area contributed by atoms with Gasteiger partial charge in [0.25, 0.3) is 5.91 Å². The van der Waals surface area contributed by atoms with Crippen LogP contribution in [0.15, 0.2) is 53.3 Å². The third kappa shape index (κ3) is 4.37. The van der Waals surface area contributed by atoms with Crippen molar-refractivity contribution in [1.82, 2.24) is 10.3 Å². The first-order valence-electron chi connectivity index (χ1n) is 5.83. The molecule has 2 rings (SSSR count). The van der Waals surface area contributed by atoms with E-state index < -0.39 is 0 Å². The van der Waals surface area contributed by atoms with Gasteiger partial charge in [-0.05, 0) is 40.2 Å².